The summed E-state index contributed by atoms with van der Waals surface area (Å²) in [4.78, 5) is 15.2. The van der Waals surface area contributed by atoms with Crippen molar-refractivity contribution >= 4 is 18.3 Å². The molecule has 1 N–H and O–H groups in total. The highest BCUT2D eigenvalue weighted by Crippen LogP contribution is 2.39. The Kier molecular flexibility index (Phi) is 4.67. The molecule has 4 aliphatic heterocycles. The monoisotopic (exact) mass is 352 g/mol. The van der Waals surface area contributed by atoms with Gasteiger partial charge in [0.2, 0.25) is 0 Å². The normalized spacial score (nSPS) is 29.5. The molecule has 1 amide bonds. The molecule has 1 atom stereocenters. The number of nitrogens with one attached hydrogen (secondary N) is 1. The van der Waals surface area contributed by atoms with Crippen LogP contribution in [-0.2, 0) is 0 Å². The van der Waals surface area contributed by atoms with Crippen LogP contribution in [0.3, 0.4) is 0 Å². The molecule has 0 aromatic heterocycles. The van der Waals surface area contributed by atoms with Crippen molar-refractivity contribution in [2.75, 3.05) is 26.3 Å². The van der Waals surface area contributed by atoms with Gasteiger partial charge in [0.05, 0.1) is 0 Å². The van der Waals surface area contributed by atoms with E-state index in [-0.39, 0.29) is 29.9 Å². The van der Waals surface area contributed by atoms with Gasteiger partial charge in [0.1, 0.15) is 13.2 Å². The Morgan fingerprint density at radius 3 is 2.50 bits per heavy atom. The summed E-state index contributed by atoms with van der Waals surface area (Å²) < 4.78 is 11.1. The molecule has 4 heterocycles. The first-order valence-corrected chi connectivity index (χ1v) is 8.51. The van der Waals surface area contributed by atoms with Crippen LogP contribution in [0.15, 0.2) is 18.2 Å². The second-order valence-corrected chi connectivity index (χ2v) is 7.29. The first-order valence-electron chi connectivity index (χ1n) is 8.51. The predicted octanol–water partition coefficient (Wildman–Crippen LogP) is 2.48. The Morgan fingerprint density at radius 1 is 1.17 bits per heavy atom. The zero-order valence-corrected chi connectivity index (χ0v) is 15.0. The Bertz CT molecular complexity index is 627. The van der Waals surface area contributed by atoms with Gasteiger partial charge in [0.25, 0.3) is 5.91 Å². The van der Waals surface area contributed by atoms with E-state index in [1.54, 1.807) is 6.07 Å². The Balaban J connectivity index is 0.00000169. The number of amides is 1. The van der Waals surface area contributed by atoms with E-state index in [9.17, 15) is 4.79 Å². The highest BCUT2D eigenvalue weighted by molar-refractivity contribution is 5.95. The molecule has 3 saturated heterocycles. The number of ether oxygens (including phenoxy) is 2. The highest BCUT2D eigenvalue weighted by atomic mass is 35.5. The summed E-state index contributed by atoms with van der Waals surface area (Å²) >= 11 is 0. The predicted molar refractivity (Wildman–Crippen MR) is 94.3 cm³/mol. The molecule has 0 aliphatic carbocycles. The second kappa shape index (κ2) is 6.45. The molecule has 1 aromatic rings. The van der Waals surface area contributed by atoms with Gasteiger partial charge in [0.15, 0.2) is 11.5 Å². The summed E-state index contributed by atoms with van der Waals surface area (Å²) in [6.45, 7) is 7.87. The number of nitrogens with zero attached hydrogens (tertiary/aromatic N) is 1. The van der Waals surface area contributed by atoms with Gasteiger partial charge >= 0.3 is 0 Å². The minimum atomic E-state index is -0.0196. The number of hydrogen-bond donors (Lipinski definition) is 1. The molecule has 0 saturated carbocycles. The molecule has 0 spiro atoms. The number of hydrogen-bond acceptors (Lipinski definition) is 4. The van der Waals surface area contributed by atoms with Gasteiger partial charge in [-0.25, -0.2) is 0 Å². The fraction of sp³-hybridized carbons (Fsp3) is 0.611. The lowest BCUT2D eigenvalue weighted by Gasteiger charge is -2.56. The van der Waals surface area contributed by atoms with Crippen LogP contribution in [0.1, 0.15) is 37.0 Å². The molecule has 1 aromatic carbocycles. The molecule has 2 bridgehead atoms. The van der Waals surface area contributed by atoms with Crippen LogP contribution in [0, 0.1) is 5.92 Å². The highest BCUT2D eigenvalue weighted by Gasteiger charge is 2.48. The van der Waals surface area contributed by atoms with Crippen molar-refractivity contribution < 1.29 is 14.3 Å². The average Bonchev–Trinajstić information content (AvgIpc) is 2.58. The van der Waals surface area contributed by atoms with Gasteiger partial charge in [-0.3, -0.25) is 9.69 Å². The number of carbonyl (C=O) groups is 1. The number of rotatable bonds is 2. The number of carbonyl (C=O) groups excluding carboxylic acids is 1. The third kappa shape index (κ3) is 2.84. The van der Waals surface area contributed by atoms with Crippen molar-refractivity contribution in [2.24, 2.45) is 5.92 Å². The van der Waals surface area contributed by atoms with E-state index < -0.39 is 0 Å². The summed E-state index contributed by atoms with van der Waals surface area (Å²) in [5, 5.41) is 3.29. The zero-order valence-electron chi connectivity index (χ0n) is 14.2. The van der Waals surface area contributed by atoms with Crippen LogP contribution in [0.2, 0.25) is 0 Å². The van der Waals surface area contributed by atoms with Gasteiger partial charge in [-0.2, -0.15) is 0 Å². The minimum absolute atomic E-state index is 0. The maximum Gasteiger partial charge on any atom is 0.251 e. The zero-order chi connectivity index (χ0) is 16.0. The third-order valence-electron chi connectivity index (χ3n) is 5.68. The van der Waals surface area contributed by atoms with E-state index >= 15 is 0 Å². The fourth-order valence-electron chi connectivity index (χ4n) is 4.29. The van der Waals surface area contributed by atoms with E-state index in [0.29, 0.717) is 30.4 Å². The van der Waals surface area contributed by atoms with Crippen molar-refractivity contribution in [1.82, 2.24) is 10.2 Å². The minimum Gasteiger partial charge on any atom is -0.486 e. The number of halogens is 1. The molecule has 132 valence electrons. The van der Waals surface area contributed by atoms with Crippen molar-refractivity contribution in [3.63, 3.8) is 0 Å². The summed E-state index contributed by atoms with van der Waals surface area (Å²) in [6.07, 6.45) is 2.35. The second-order valence-electron chi connectivity index (χ2n) is 7.29. The molecule has 1 unspecified atom stereocenters. The molecular formula is C18H25ClN2O3. The van der Waals surface area contributed by atoms with Crippen molar-refractivity contribution in [1.29, 1.82) is 0 Å². The molecule has 24 heavy (non-hydrogen) atoms. The van der Waals surface area contributed by atoms with Crippen molar-refractivity contribution in [2.45, 2.75) is 38.3 Å². The lowest BCUT2D eigenvalue weighted by atomic mass is 9.72. The largest absolute Gasteiger partial charge is 0.486 e. The molecule has 6 heteroatoms. The van der Waals surface area contributed by atoms with Crippen LogP contribution in [0.5, 0.6) is 11.5 Å². The van der Waals surface area contributed by atoms with Gasteiger partial charge in [-0.05, 0) is 63.9 Å². The average molecular weight is 353 g/mol. The third-order valence-corrected chi connectivity index (χ3v) is 5.68. The van der Waals surface area contributed by atoms with Crippen molar-refractivity contribution in [3.8, 4) is 11.5 Å². The molecule has 4 aliphatic rings. The molecule has 0 radical (unpaired) electrons. The van der Waals surface area contributed by atoms with Crippen LogP contribution in [0.4, 0.5) is 0 Å². The van der Waals surface area contributed by atoms with Crippen molar-refractivity contribution in [3.05, 3.63) is 23.8 Å². The van der Waals surface area contributed by atoms with Gasteiger partial charge in [-0.1, -0.05) is 0 Å². The number of benzene rings is 1. The topological polar surface area (TPSA) is 50.8 Å². The van der Waals surface area contributed by atoms with Crippen LogP contribution < -0.4 is 14.8 Å². The standard InChI is InChI=1S/C18H24N2O3.ClH/c1-18(2)16(12-5-7-20(18)8-6-12)19-17(21)13-3-4-14-15(11-13)23-10-9-22-14;/h3-4,11-12,16H,5-10H2,1-2H3,(H,19,21);1H. The van der Waals surface area contributed by atoms with E-state index in [2.05, 4.69) is 24.1 Å². The summed E-state index contributed by atoms with van der Waals surface area (Å²) in [7, 11) is 0. The summed E-state index contributed by atoms with van der Waals surface area (Å²) in [5.41, 5.74) is 0.659. The van der Waals surface area contributed by atoms with E-state index in [4.69, 9.17) is 9.47 Å². The smallest absolute Gasteiger partial charge is 0.251 e. The van der Waals surface area contributed by atoms with Crippen LogP contribution in [0.25, 0.3) is 0 Å². The molecule has 3 fully saturated rings. The van der Waals surface area contributed by atoms with E-state index in [1.807, 2.05) is 12.1 Å². The van der Waals surface area contributed by atoms with Gasteiger partial charge in [-0.15, -0.1) is 12.4 Å². The quantitative estimate of drug-likeness (QED) is 0.888. The Morgan fingerprint density at radius 2 is 1.83 bits per heavy atom. The SMILES string of the molecule is CC1(C)C(NC(=O)c2ccc3c(c2)OCCO3)C2CCN1CC2.Cl. The lowest BCUT2D eigenvalue weighted by molar-refractivity contribution is -0.0378. The van der Waals surface area contributed by atoms with Crippen LogP contribution >= 0.6 is 12.4 Å². The maximum atomic E-state index is 12.7. The Labute approximate surface area is 149 Å². The van der Waals surface area contributed by atoms with E-state index in [1.165, 1.54) is 12.8 Å². The molecular weight excluding hydrogens is 328 g/mol. The first kappa shape index (κ1) is 17.4. The summed E-state index contributed by atoms with van der Waals surface area (Å²) in [5.74, 6) is 1.94. The van der Waals surface area contributed by atoms with Gasteiger partial charge in [0, 0.05) is 17.1 Å². The maximum absolute atomic E-state index is 12.7. The van der Waals surface area contributed by atoms with E-state index in [0.717, 1.165) is 18.8 Å². The van der Waals surface area contributed by atoms with Crippen LogP contribution in [-0.4, -0.2) is 48.7 Å². The number of piperidine rings is 3. The summed E-state index contributed by atoms with van der Waals surface area (Å²) in [6, 6.07) is 5.63. The molecule has 5 nitrogen and oxygen atoms in total. The Hall–Kier alpha value is -1.46. The molecule has 5 rings (SSSR count). The first-order chi connectivity index (χ1) is 11.1. The lowest BCUT2D eigenvalue weighted by Crippen LogP contribution is -2.69. The number of fused-ring (bicyclic) bond motifs is 4. The van der Waals surface area contributed by atoms with Gasteiger partial charge < -0.3 is 14.8 Å². The fourth-order valence-corrected chi connectivity index (χ4v) is 4.29.